The Kier molecular flexibility index (Phi) is 4.38. The fourth-order valence-corrected chi connectivity index (χ4v) is 4.07. The monoisotopic (exact) mass is 319 g/mol. The van der Waals surface area contributed by atoms with Crippen molar-refractivity contribution in [3.05, 3.63) is 23.3 Å². The van der Waals surface area contributed by atoms with Crippen LogP contribution in [0.3, 0.4) is 0 Å². The van der Waals surface area contributed by atoms with E-state index in [9.17, 15) is 4.79 Å². The number of methoxy groups -OCH3 is 2. The molecule has 6 heteroatoms. The first kappa shape index (κ1) is 16.3. The van der Waals surface area contributed by atoms with Crippen molar-refractivity contribution < 1.29 is 14.3 Å². The zero-order chi connectivity index (χ0) is 16.6. The highest BCUT2D eigenvalue weighted by atomic mass is 16.5. The van der Waals surface area contributed by atoms with Gasteiger partial charge in [0.1, 0.15) is 5.82 Å². The number of hydrogen-bond donors (Lipinski definition) is 0. The maximum absolute atomic E-state index is 13.0. The molecular weight excluding hydrogens is 294 g/mol. The molecule has 1 aliphatic carbocycles. The van der Waals surface area contributed by atoms with Crippen LogP contribution in [0.5, 0.6) is 0 Å². The molecule has 0 aromatic carbocycles. The van der Waals surface area contributed by atoms with Crippen LogP contribution in [0.15, 0.2) is 6.20 Å². The van der Waals surface area contributed by atoms with Gasteiger partial charge in [-0.1, -0.05) is 0 Å². The predicted octanol–water partition coefficient (Wildman–Crippen LogP) is 1.89. The summed E-state index contributed by atoms with van der Waals surface area (Å²) in [6.07, 6.45) is 5.44. The Morgan fingerprint density at radius 2 is 2.13 bits per heavy atom. The summed E-state index contributed by atoms with van der Waals surface area (Å²) in [6, 6.07) is 0.0550. The molecule has 126 valence electrons. The summed E-state index contributed by atoms with van der Waals surface area (Å²) in [4.78, 5) is 23.5. The van der Waals surface area contributed by atoms with Crippen LogP contribution in [0, 0.1) is 13.8 Å². The molecule has 0 unspecified atom stereocenters. The second-order valence-electron chi connectivity index (χ2n) is 6.58. The molecule has 1 aromatic rings. The number of carbonyl (C=O) groups is 1. The summed E-state index contributed by atoms with van der Waals surface area (Å²) in [5, 5.41) is 0. The summed E-state index contributed by atoms with van der Waals surface area (Å²) in [5.74, 6) is 0.687. The van der Waals surface area contributed by atoms with E-state index in [-0.39, 0.29) is 23.7 Å². The van der Waals surface area contributed by atoms with E-state index in [0.29, 0.717) is 17.9 Å². The molecule has 0 spiro atoms. The molecule has 0 bridgehead atoms. The molecule has 2 fully saturated rings. The maximum atomic E-state index is 13.0. The minimum Gasteiger partial charge on any atom is -0.381 e. The maximum Gasteiger partial charge on any atom is 0.257 e. The van der Waals surface area contributed by atoms with E-state index in [2.05, 4.69) is 9.97 Å². The fraction of sp³-hybridized carbons (Fsp3) is 0.706. The SMILES string of the molecule is CO[C@@H]1CC[C@@]2(OC)CCN(C(=O)c3cnc(C)nc3C)[C@H]2C1. The fourth-order valence-electron chi connectivity index (χ4n) is 4.07. The molecule has 1 aliphatic heterocycles. The first-order valence-electron chi connectivity index (χ1n) is 8.20. The molecule has 1 saturated heterocycles. The normalized spacial score (nSPS) is 30.3. The first-order chi connectivity index (χ1) is 11.0. The highest BCUT2D eigenvalue weighted by Gasteiger charge is 2.52. The van der Waals surface area contributed by atoms with Crippen LogP contribution in [0.4, 0.5) is 0 Å². The number of ether oxygens (including phenoxy) is 2. The summed E-state index contributed by atoms with van der Waals surface area (Å²) in [6.45, 7) is 4.40. The second-order valence-corrected chi connectivity index (χ2v) is 6.58. The molecule has 1 saturated carbocycles. The lowest BCUT2D eigenvalue weighted by atomic mass is 9.79. The molecule has 1 aromatic heterocycles. The van der Waals surface area contributed by atoms with Crippen molar-refractivity contribution in [1.29, 1.82) is 0 Å². The average Bonchev–Trinajstić information content (AvgIpc) is 2.93. The molecule has 3 atom stereocenters. The number of nitrogens with zero attached hydrogens (tertiary/aromatic N) is 3. The zero-order valence-corrected chi connectivity index (χ0v) is 14.3. The van der Waals surface area contributed by atoms with Gasteiger partial charge >= 0.3 is 0 Å². The topological polar surface area (TPSA) is 64.6 Å². The lowest BCUT2D eigenvalue weighted by Crippen LogP contribution is -2.53. The summed E-state index contributed by atoms with van der Waals surface area (Å²) < 4.78 is 11.4. The lowest BCUT2D eigenvalue weighted by molar-refractivity contribution is -0.0893. The van der Waals surface area contributed by atoms with Crippen LogP contribution in [0.2, 0.25) is 0 Å². The van der Waals surface area contributed by atoms with Crippen molar-refractivity contribution in [1.82, 2.24) is 14.9 Å². The van der Waals surface area contributed by atoms with Gasteiger partial charge in [-0.2, -0.15) is 0 Å². The Hall–Kier alpha value is -1.53. The van der Waals surface area contributed by atoms with Crippen molar-refractivity contribution in [2.24, 2.45) is 0 Å². The Labute approximate surface area is 137 Å². The molecule has 0 radical (unpaired) electrons. The average molecular weight is 319 g/mol. The summed E-state index contributed by atoms with van der Waals surface area (Å²) in [7, 11) is 3.50. The quantitative estimate of drug-likeness (QED) is 0.851. The molecule has 1 amide bonds. The number of aryl methyl sites for hydroxylation is 2. The van der Waals surface area contributed by atoms with Gasteiger partial charge in [0.05, 0.1) is 29.0 Å². The number of aromatic nitrogens is 2. The summed E-state index contributed by atoms with van der Waals surface area (Å²) in [5.41, 5.74) is 1.09. The van der Waals surface area contributed by atoms with Crippen molar-refractivity contribution in [2.75, 3.05) is 20.8 Å². The van der Waals surface area contributed by atoms with Gasteiger partial charge in [0.2, 0.25) is 0 Å². The van der Waals surface area contributed by atoms with E-state index in [1.807, 2.05) is 18.7 Å². The third-order valence-electron chi connectivity index (χ3n) is 5.47. The largest absolute Gasteiger partial charge is 0.381 e. The molecule has 6 nitrogen and oxygen atoms in total. The van der Waals surface area contributed by atoms with Gasteiger partial charge in [-0.15, -0.1) is 0 Å². The number of amides is 1. The third kappa shape index (κ3) is 2.74. The smallest absolute Gasteiger partial charge is 0.257 e. The highest BCUT2D eigenvalue weighted by molar-refractivity contribution is 5.95. The Bertz CT molecular complexity index is 607. The minimum absolute atomic E-state index is 0.00294. The molecule has 0 N–H and O–H groups in total. The van der Waals surface area contributed by atoms with Crippen LogP contribution in [0.25, 0.3) is 0 Å². The standard InChI is InChI=1S/C17H25N3O3/c1-11-14(10-18-12(2)19-11)16(21)20-8-7-17(23-4)6-5-13(22-3)9-15(17)20/h10,13,15H,5-9H2,1-4H3/t13-,15+,17-/m1/s1. The van der Waals surface area contributed by atoms with Gasteiger partial charge in [0, 0.05) is 27.0 Å². The van der Waals surface area contributed by atoms with Crippen LogP contribution in [-0.4, -0.2) is 59.3 Å². The Balaban J connectivity index is 1.88. The second kappa shape index (κ2) is 6.17. The number of fused-ring (bicyclic) bond motifs is 1. The third-order valence-corrected chi connectivity index (χ3v) is 5.47. The van der Waals surface area contributed by atoms with Gasteiger partial charge in [-0.25, -0.2) is 9.97 Å². The Morgan fingerprint density at radius 3 is 2.78 bits per heavy atom. The highest BCUT2D eigenvalue weighted by Crippen LogP contribution is 2.43. The first-order valence-corrected chi connectivity index (χ1v) is 8.20. The number of rotatable bonds is 3. The molecule has 3 rings (SSSR count). The number of hydrogen-bond acceptors (Lipinski definition) is 5. The van der Waals surface area contributed by atoms with Crippen molar-refractivity contribution in [3.8, 4) is 0 Å². The van der Waals surface area contributed by atoms with Crippen LogP contribution >= 0.6 is 0 Å². The number of carbonyl (C=O) groups excluding carboxylic acids is 1. The lowest BCUT2D eigenvalue weighted by Gasteiger charge is -2.43. The van der Waals surface area contributed by atoms with E-state index in [4.69, 9.17) is 9.47 Å². The minimum atomic E-state index is -0.232. The van der Waals surface area contributed by atoms with E-state index in [1.165, 1.54) is 0 Å². The van der Waals surface area contributed by atoms with E-state index >= 15 is 0 Å². The van der Waals surface area contributed by atoms with Crippen LogP contribution in [0.1, 0.15) is 47.6 Å². The van der Waals surface area contributed by atoms with E-state index < -0.39 is 0 Å². The van der Waals surface area contributed by atoms with Gasteiger partial charge in [-0.3, -0.25) is 4.79 Å². The molecule has 2 aliphatic rings. The van der Waals surface area contributed by atoms with E-state index in [0.717, 1.165) is 31.4 Å². The molecule has 2 heterocycles. The van der Waals surface area contributed by atoms with Crippen molar-refractivity contribution in [2.45, 2.75) is 57.3 Å². The van der Waals surface area contributed by atoms with E-state index in [1.54, 1.807) is 20.4 Å². The van der Waals surface area contributed by atoms with Crippen molar-refractivity contribution >= 4 is 5.91 Å². The van der Waals surface area contributed by atoms with Gasteiger partial charge < -0.3 is 14.4 Å². The number of likely N-dealkylation sites (tertiary alicyclic amines) is 1. The van der Waals surface area contributed by atoms with Crippen LogP contribution < -0.4 is 0 Å². The molecular formula is C17H25N3O3. The zero-order valence-electron chi connectivity index (χ0n) is 14.3. The van der Waals surface area contributed by atoms with Gasteiger partial charge in [0.15, 0.2) is 0 Å². The summed E-state index contributed by atoms with van der Waals surface area (Å²) >= 11 is 0. The van der Waals surface area contributed by atoms with Crippen LogP contribution in [-0.2, 0) is 9.47 Å². The van der Waals surface area contributed by atoms with Gasteiger partial charge in [-0.05, 0) is 39.5 Å². The van der Waals surface area contributed by atoms with Crippen molar-refractivity contribution in [3.63, 3.8) is 0 Å². The van der Waals surface area contributed by atoms with Gasteiger partial charge in [0.25, 0.3) is 5.91 Å². The predicted molar refractivity (Wildman–Crippen MR) is 85.3 cm³/mol. The molecule has 23 heavy (non-hydrogen) atoms. The Morgan fingerprint density at radius 1 is 1.35 bits per heavy atom.